The molecule has 18 heavy (non-hydrogen) atoms. The molecule has 1 heterocycles. The molecule has 0 spiro atoms. The summed E-state index contributed by atoms with van der Waals surface area (Å²) in [5.41, 5.74) is -0.871. The predicted molar refractivity (Wildman–Crippen MR) is 72.3 cm³/mol. The van der Waals surface area contributed by atoms with Crippen molar-refractivity contribution < 1.29 is 10.2 Å². The Labute approximate surface area is 109 Å². The zero-order chi connectivity index (χ0) is 13.4. The highest BCUT2D eigenvalue weighted by Gasteiger charge is 2.51. The zero-order valence-corrected chi connectivity index (χ0v) is 11.4. The van der Waals surface area contributed by atoms with Gasteiger partial charge in [-0.1, -0.05) is 37.3 Å². The molecule has 1 aromatic rings. The third-order valence-electron chi connectivity index (χ3n) is 4.39. The van der Waals surface area contributed by atoms with Crippen LogP contribution in [0.25, 0.3) is 0 Å². The second-order valence-corrected chi connectivity index (χ2v) is 5.70. The number of rotatable bonds is 2. The van der Waals surface area contributed by atoms with Crippen LogP contribution < -0.4 is 0 Å². The van der Waals surface area contributed by atoms with Crippen LogP contribution in [0.3, 0.4) is 0 Å². The highest BCUT2D eigenvalue weighted by atomic mass is 16.4. The van der Waals surface area contributed by atoms with Crippen molar-refractivity contribution in [1.82, 2.24) is 4.90 Å². The van der Waals surface area contributed by atoms with Crippen LogP contribution in [0.2, 0.25) is 0 Å². The Morgan fingerprint density at radius 3 is 2.44 bits per heavy atom. The SMILES string of the molecule is CC[C@@]1(O)C[C@@H](c2ccccc2)N(C)C[C@]1(C)O. The molecular weight excluding hydrogens is 226 g/mol. The molecule has 2 rings (SSSR count). The van der Waals surface area contributed by atoms with Crippen molar-refractivity contribution in [3.05, 3.63) is 35.9 Å². The Balaban J connectivity index is 2.30. The fraction of sp³-hybridized carbons (Fsp3) is 0.600. The van der Waals surface area contributed by atoms with E-state index < -0.39 is 11.2 Å². The van der Waals surface area contributed by atoms with Crippen LogP contribution in [-0.4, -0.2) is 39.9 Å². The van der Waals surface area contributed by atoms with E-state index in [1.807, 2.05) is 32.2 Å². The van der Waals surface area contributed by atoms with Crippen LogP contribution in [0.4, 0.5) is 0 Å². The van der Waals surface area contributed by atoms with Crippen LogP contribution in [0.1, 0.15) is 38.3 Å². The highest BCUT2D eigenvalue weighted by molar-refractivity contribution is 5.22. The number of piperidine rings is 1. The Morgan fingerprint density at radius 2 is 1.89 bits per heavy atom. The number of likely N-dealkylation sites (N-methyl/N-ethyl adjacent to an activating group) is 1. The minimum atomic E-state index is -1.05. The van der Waals surface area contributed by atoms with Crippen molar-refractivity contribution in [2.75, 3.05) is 13.6 Å². The molecule has 2 N–H and O–H groups in total. The lowest BCUT2D eigenvalue weighted by molar-refractivity contribution is -0.192. The lowest BCUT2D eigenvalue weighted by Crippen LogP contribution is -2.63. The number of hydrogen-bond acceptors (Lipinski definition) is 3. The average molecular weight is 249 g/mol. The summed E-state index contributed by atoms with van der Waals surface area (Å²) >= 11 is 0. The number of β-amino-alcohol motifs (C(OH)–C–C–N with tert-alkyl or cyclic N) is 1. The van der Waals surface area contributed by atoms with E-state index >= 15 is 0 Å². The van der Waals surface area contributed by atoms with Crippen molar-refractivity contribution in [3.8, 4) is 0 Å². The van der Waals surface area contributed by atoms with Crippen LogP contribution >= 0.6 is 0 Å². The molecular formula is C15H23NO2. The van der Waals surface area contributed by atoms with Crippen molar-refractivity contribution in [2.45, 2.75) is 43.9 Å². The van der Waals surface area contributed by atoms with Crippen LogP contribution in [0, 0.1) is 0 Å². The van der Waals surface area contributed by atoms with E-state index in [-0.39, 0.29) is 6.04 Å². The first-order chi connectivity index (χ1) is 8.39. The molecule has 1 saturated heterocycles. The molecule has 0 unspecified atom stereocenters. The van der Waals surface area contributed by atoms with Crippen molar-refractivity contribution in [2.24, 2.45) is 0 Å². The topological polar surface area (TPSA) is 43.7 Å². The summed E-state index contributed by atoms with van der Waals surface area (Å²) in [6.07, 6.45) is 1.13. The van der Waals surface area contributed by atoms with Crippen LogP contribution in [0.5, 0.6) is 0 Å². The highest BCUT2D eigenvalue weighted by Crippen LogP contribution is 2.42. The van der Waals surface area contributed by atoms with Gasteiger partial charge in [0, 0.05) is 12.6 Å². The Hall–Kier alpha value is -0.900. The summed E-state index contributed by atoms with van der Waals surface area (Å²) in [6, 6.07) is 10.3. The molecule has 3 nitrogen and oxygen atoms in total. The maximum Gasteiger partial charge on any atom is 0.103 e. The first kappa shape index (κ1) is 13.5. The third-order valence-corrected chi connectivity index (χ3v) is 4.39. The van der Waals surface area contributed by atoms with Crippen molar-refractivity contribution in [1.29, 1.82) is 0 Å². The van der Waals surface area contributed by atoms with Gasteiger partial charge < -0.3 is 10.2 Å². The van der Waals surface area contributed by atoms with Gasteiger partial charge in [-0.2, -0.15) is 0 Å². The molecule has 3 atom stereocenters. The first-order valence-corrected chi connectivity index (χ1v) is 6.59. The van der Waals surface area contributed by atoms with E-state index in [9.17, 15) is 10.2 Å². The Kier molecular flexibility index (Phi) is 3.49. The summed E-state index contributed by atoms with van der Waals surface area (Å²) in [5.74, 6) is 0. The molecule has 100 valence electrons. The zero-order valence-electron chi connectivity index (χ0n) is 11.4. The number of aliphatic hydroxyl groups is 2. The summed E-state index contributed by atoms with van der Waals surface area (Å²) in [7, 11) is 2.00. The number of nitrogens with zero attached hydrogens (tertiary/aromatic N) is 1. The summed E-state index contributed by atoms with van der Waals surface area (Å²) < 4.78 is 0. The van der Waals surface area contributed by atoms with Gasteiger partial charge in [-0.15, -0.1) is 0 Å². The molecule has 0 aromatic heterocycles. The quantitative estimate of drug-likeness (QED) is 0.842. The molecule has 0 aliphatic carbocycles. The standard InChI is InChI=1S/C15H23NO2/c1-4-15(18)10-13(12-8-6-5-7-9-12)16(3)11-14(15,2)17/h5-9,13,17-18H,4,10-11H2,1-3H3/t13-,14-,15+/m0/s1. The molecule has 1 aliphatic rings. The number of likely N-dealkylation sites (tertiary alicyclic amines) is 1. The Morgan fingerprint density at radius 1 is 1.28 bits per heavy atom. The Bertz CT molecular complexity index is 404. The molecule has 1 aromatic carbocycles. The lowest BCUT2D eigenvalue weighted by Gasteiger charge is -2.51. The van der Waals surface area contributed by atoms with Crippen LogP contribution in [0.15, 0.2) is 30.3 Å². The summed E-state index contributed by atoms with van der Waals surface area (Å²) in [5, 5.41) is 21.1. The van der Waals surface area contributed by atoms with Gasteiger partial charge in [0.25, 0.3) is 0 Å². The molecule has 3 heteroatoms. The lowest BCUT2D eigenvalue weighted by atomic mass is 9.72. The summed E-state index contributed by atoms with van der Waals surface area (Å²) in [4.78, 5) is 2.12. The van der Waals surface area contributed by atoms with Crippen LogP contribution in [-0.2, 0) is 0 Å². The van der Waals surface area contributed by atoms with E-state index in [4.69, 9.17) is 0 Å². The molecule has 0 radical (unpaired) electrons. The smallest absolute Gasteiger partial charge is 0.103 e. The second kappa shape index (κ2) is 4.65. The van der Waals surface area contributed by atoms with E-state index in [2.05, 4.69) is 17.0 Å². The number of benzene rings is 1. The maximum atomic E-state index is 10.7. The van der Waals surface area contributed by atoms with Gasteiger partial charge in [-0.3, -0.25) is 4.90 Å². The van der Waals surface area contributed by atoms with Gasteiger partial charge in [0.1, 0.15) is 5.60 Å². The monoisotopic (exact) mass is 249 g/mol. The van der Waals surface area contributed by atoms with Crippen molar-refractivity contribution in [3.63, 3.8) is 0 Å². The summed E-state index contributed by atoms with van der Waals surface area (Å²) in [6.45, 7) is 4.15. The molecule has 1 aliphatic heterocycles. The average Bonchev–Trinajstić information content (AvgIpc) is 2.34. The third kappa shape index (κ3) is 2.18. The minimum Gasteiger partial charge on any atom is -0.387 e. The molecule has 0 saturated carbocycles. The van der Waals surface area contributed by atoms with Gasteiger partial charge in [-0.25, -0.2) is 0 Å². The van der Waals surface area contributed by atoms with Gasteiger partial charge in [-0.05, 0) is 32.4 Å². The van der Waals surface area contributed by atoms with Gasteiger partial charge in [0.2, 0.25) is 0 Å². The largest absolute Gasteiger partial charge is 0.387 e. The normalized spacial score (nSPS) is 37.7. The van der Waals surface area contributed by atoms with Gasteiger partial charge in [0.05, 0.1) is 5.60 Å². The molecule has 1 fully saturated rings. The second-order valence-electron chi connectivity index (χ2n) is 5.70. The molecule has 0 amide bonds. The van der Waals surface area contributed by atoms with E-state index in [1.165, 1.54) is 5.56 Å². The van der Waals surface area contributed by atoms with E-state index in [0.717, 1.165) is 0 Å². The van der Waals surface area contributed by atoms with Gasteiger partial charge >= 0.3 is 0 Å². The fourth-order valence-electron chi connectivity index (χ4n) is 3.01. The van der Waals surface area contributed by atoms with Crippen molar-refractivity contribution >= 4 is 0 Å². The maximum absolute atomic E-state index is 10.7. The molecule has 0 bridgehead atoms. The fourth-order valence-corrected chi connectivity index (χ4v) is 3.01. The predicted octanol–water partition coefficient (Wildman–Crippen LogP) is 1.96. The van der Waals surface area contributed by atoms with E-state index in [0.29, 0.717) is 19.4 Å². The number of hydrogen-bond donors (Lipinski definition) is 2. The first-order valence-electron chi connectivity index (χ1n) is 6.59. The van der Waals surface area contributed by atoms with E-state index in [1.54, 1.807) is 6.92 Å². The van der Waals surface area contributed by atoms with Gasteiger partial charge in [0.15, 0.2) is 0 Å². The minimum absolute atomic E-state index is 0.163.